The topological polar surface area (TPSA) is 100 Å². The second-order valence-electron chi connectivity index (χ2n) is 6.29. The third-order valence-corrected chi connectivity index (χ3v) is 4.30. The lowest BCUT2D eigenvalue weighted by molar-refractivity contribution is -0.134. The molecule has 1 aliphatic rings. The van der Waals surface area contributed by atoms with E-state index in [9.17, 15) is 9.59 Å². The SMILES string of the molecule is Cc1ccc(CN2CCNC(=O)[C@H]2CC(=O)NCCc2cnccn2)o1. The van der Waals surface area contributed by atoms with Gasteiger partial charge in [0.25, 0.3) is 0 Å². The minimum atomic E-state index is -0.495. The summed E-state index contributed by atoms with van der Waals surface area (Å²) in [4.78, 5) is 34.7. The van der Waals surface area contributed by atoms with Crippen molar-refractivity contribution in [2.24, 2.45) is 0 Å². The van der Waals surface area contributed by atoms with Gasteiger partial charge in [0.1, 0.15) is 11.5 Å². The Kier molecular flexibility index (Phi) is 5.96. The van der Waals surface area contributed by atoms with Gasteiger partial charge in [-0.15, -0.1) is 0 Å². The Morgan fingerprint density at radius 1 is 1.42 bits per heavy atom. The number of carbonyl (C=O) groups excluding carboxylic acids is 2. The van der Waals surface area contributed by atoms with Gasteiger partial charge < -0.3 is 15.1 Å². The Morgan fingerprint density at radius 3 is 3.04 bits per heavy atom. The molecule has 1 fully saturated rings. The maximum atomic E-state index is 12.3. The molecule has 0 unspecified atom stereocenters. The van der Waals surface area contributed by atoms with Crippen LogP contribution in [0.25, 0.3) is 0 Å². The first-order valence-electron chi connectivity index (χ1n) is 8.70. The van der Waals surface area contributed by atoms with Crippen molar-refractivity contribution in [3.63, 3.8) is 0 Å². The molecule has 1 saturated heterocycles. The molecule has 26 heavy (non-hydrogen) atoms. The van der Waals surface area contributed by atoms with Crippen molar-refractivity contribution in [3.05, 3.63) is 47.9 Å². The Labute approximate surface area is 152 Å². The predicted octanol–water partition coefficient (Wildman–Crippen LogP) is 0.427. The molecule has 0 aliphatic carbocycles. The zero-order chi connectivity index (χ0) is 18.4. The highest BCUT2D eigenvalue weighted by Gasteiger charge is 2.32. The van der Waals surface area contributed by atoms with Crippen molar-refractivity contribution in [3.8, 4) is 0 Å². The van der Waals surface area contributed by atoms with Crippen molar-refractivity contribution < 1.29 is 14.0 Å². The highest BCUT2D eigenvalue weighted by molar-refractivity contribution is 5.88. The van der Waals surface area contributed by atoms with Crippen LogP contribution in [0.2, 0.25) is 0 Å². The summed E-state index contributed by atoms with van der Waals surface area (Å²) >= 11 is 0. The maximum absolute atomic E-state index is 12.3. The molecule has 8 nitrogen and oxygen atoms in total. The highest BCUT2D eigenvalue weighted by atomic mass is 16.3. The lowest BCUT2D eigenvalue weighted by Gasteiger charge is -2.34. The number of nitrogens with zero attached hydrogens (tertiary/aromatic N) is 3. The number of aryl methyl sites for hydroxylation is 1. The van der Waals surface area contributed by atoms with Crippen LogP contribution in [-0.4, -0.2) is 52.4 Å². The number of aromatic nitrogens is 2. The monoisotopic (exact) mass is 357 g/mol. The summed E-state index contributed by atoms with van der Waals surface area (Å²) in [7, 11) is 0. The number of piperazine rings is 1. The zero-order valence-corrected chi connectivity index (χ0v) is 14.8. The van der Waals surface area contributed by atoms with Gasteiger partial charge in [-0.05, 0) is 19.1 Å². The van der Waals surface area contributed by atoms with Gasteiger partial charge in [0, 0.05) is 44.6 Å². The Bertz CT molecular complexity index is 746. The molecular formula is C18H23N5O3. The summed E-state index contributed by atoms with van der Waals surface area (Å²) in [6.07, 6.45) is 5.63. The molecule has 2 aromatic rings. The van der Waals surface area contributed by atoms with E-state index in [1.165, 1.54) is 0 Å². The van der Waals surface area contributed by atoms with E-state index in [0.29, 0.717) is 32.6 Å². The van der Waals surface area contributed by atoms with E-state index in [-0.39, 0.29) is 18.2 Å². The lowest BCUT2D eigenvalue weighted by Crippen LogP contribution is -2.56. The van der Waals surface area contributed by atoms with E-state index < -0.39 is 6.04 Å². The predicted molar refractivity (Wildman–Crippen MR) is 94.0 cm³/mol. The molecule has 3 rings (SSSR count). The minimum Gasteiger partial charge on any atom is -0.465 e. The number of hydrogen-bond donors (Lipinski definition) is 2. The fourth-order valence-electron chi connectivity index (χ4n) is 2.98. The van der Waals surface area contributed by atoms with E-state index in [2.05, 4.69) is 20.6 Å². The number of nitrogens with one attached hydrogen (secondary N) is 2. The van der Waals surface area contributed by atoms with Crippen molar-refractivity contribution >= 4 is 11.8 Å². The smallest absolute Gasteiger partial charge is 0.237 e. The molecule has 8 heteroatoms. The van der Waals surface area contributed by atoms with Gasteiger partial charge in [-0.25, -0.2) is 0 Å². The molecule has 138 valence electrons. The summed E-state index contributed by atoms with van der Waals surface area (Å²) in [5.41, 5.74) is 0.818. The van der Waals surface area contributed by atoms with Gasteiger partial charge in [0.15, 0.2) is 0 Å². The molecule has 1 atom stereocenters. The van der Waals surface area contributed by atoms with Gasteiger partial charge in [0.2, 0.25) is 11.8 Å². The molecule has 0 aromatic carbocycles. The van der Waals surface area contributed by atoms with Gasteiger partial charge in [-0.3, -0.25) is 24.5 Å². The molecule has 1 aliphatic heterocycles. The van der Waals surface area contributed by atoms with Crippen molar-refractivity contribution in [1.29, 1.82) is 0 Å². The molecule has 0 spiro atoms. The third-order valence-electron chi connectivity index (χ3n) is 4.30. The van der Waals surface area contributed by atoms with E-state index in [1.807, 2.05) is 24.0 Å². The molecular weight excluding hydrogens is 334 g/mol. The van der Waals surface area contributed by atoms with E-state index in [0.717, 1.165) is 17.2 Å². The molecule has 2 aromatic heterocycles. The quantitative estimate of drug-likeness (QED) is 0.745. The van der Waals surface area contributed by atoms with Crippen LogP contribution >= 0.6 is 0 Å². The van der Waals surface area contributed by atoms with Crippen LogP contribution in [0.5, 0.6) is 0 Å². The summed E-state index contributed by atoms with van der Waals surface area (Å²) in [6, 6.07) is 3.30. The van der Waals surface area contributed by atoms with Crippen molar-refractivity contribution in [1.82, 2.24) is 25.5 Å². The van der Waals surface area contributed by atoms with Crippen LogP contribution in [0.1, 0.15) is 23.6 Å². The first kappa shape index (κ1) is 18.1. The number of hydrogen-bond acceptors (Lipinski definition) is 6. The first-order valence-corrected chi connectivity index (χ1v) is 8.70. The largest absolute Gasteiger partial charge is 0.465 e. The molecule has 2 amide bonds. The summed E-state index contributed by atoms with van der Waals surface area (Å²) in [6.45, 7) is 4.11. The fourth-order valence-corrected chi connectivity index (χ4v) is 2.98. The van der Waals surface area contributed by atoms with Crippen LogP contribution in [0.4, 0.5) is 0 Å². The summed E-state index contributed by atoms with van der Waals surface area (Å²) in [5, 5.41) is 5.68. The lowest BCUT2D eigenvalue weighted by atomic mass is 10.1. The average molecular weight is 357 g/mol. The Balaban J connectivity index is 1.52. The highest BCUT2D eigenvalue weighted by Crippen LogP contribution is 2.15. The van der Waals surface area contributed by atoms with Crippen LogP contribution in [0.15, 0.2) is 35.1 Å². The van der Waals surface area contributed by atoms with Gasteiger partial charge >= 0.3 is 0 Å². The van der Waals surface area contributed by atoms with Crippen LogP contribution in [0, 0.1) is 6.92 Å². The third kappa shape index (κ3) is 4.89. The number of rotatable bonds is 7. The summed E-state index contributed by atoms with van der Waals surface area (Å²) in [5.74, 6) is 1.35. The van der Waals surface area contributed by atoms with E-state index in [4.69, 9.17) is 4.42 Å². The molecule has 0 saturated carbocycles. The van der Waals surface area contributed by atoms with Crippen molar-refractivity contribution in [2.45, 2.75) is 32.4 Å². The molecule has 3 heterocycles. The van der Waals surface area contributed by atoms with E-state index >= 15 is 0 Å². The number of amides is 2. The molecule has 2 N–H and O–H groups in total. The minimum absolute atomic E-state index is 0.117. The van der Waals surface area contributed by atoms with Crippen LogP contribution in [-0.2, 0) is 22.6 Å². The van der Waals surface area contributed by atoms with E-state index in [1.54, 1.807) is 18.6 Å². The Hall–Kier alpha value is -2.74. The fraction of sp³-hybridized carbons (Fsp3) is 0.444. The van der Waals surface area contributed by atoms with Gasteiger partial charge in [-0.1, -0.05) is 0 Å². The van der Waals surface area contributed by atoms with Gasteiger partial charge in [0.05, 0.1) is 24.7 Å². The normalized spacial score (nSPS) is 17.7. The molecule has 0 radical (unpaired) electrons. The van der Waals surface area contributed by atoms with Crippen LogP contribution in [0.3, 0.4) is 0 Å². The van der Waals surface area contributed by atoms with Gasteiger partial charge in [-0.2, -0.15) is 0 Å². The Morgan fingerprint density at radius 2 is 2.31 bits per heavy atom. The average Bonchev–Trinajstić information content (AvgIpc) is 3.04. The van der Waals surface area contributed by atoms with Crippen molar-refractivity contribution in [2.75, 3.05) is 19.6 Å². The molecule has 0 bridgehead atoms. The zero-order valence-electron chi connectivity index (χ0n) is 14.8. The number of carbonyl (C=O) groups is 2. The number of furan rings is 1. The van der Waals surface area contributed by atoms with Crippen LogP contribution < -0.4 is 10.6 Å². The maximum Gasteiger partial charge on any atom is 0.237 e. The second-order valence-corrected chi connectivity index (χ2v) is 6.29. The second kappa shape index (κ2) is 8.57. The first-order chi connectivity index (χ1) is 12.6. The standard InChI is InChI=1S/C18H23N5O3/c1-13-2-3-15(26-13)12-23-9-8-22-18(25)16(23)10-17(24)21-5-4-14-11-19-6-7-20-14/h2-3,6-7,11,16H,4-5,8-10,12H2,1H3,(H,21,24)(H,22,25)/t16-/m1/s1. The summed E-state index contributed by atoms with van der Waals surface area (Å²) < 4.78 is 5.60.